The van der Waals surface area contributed by atoms with E-state index in [2.05, 4.69) is 35.5 Å². The normalized spacial score (nSPS) is 11.9. The van der Waals surface area contributed by atoms with Crippen molar-refractivity contribution in [2.24, 2.45) is 5.92 Å². The fourth-order valence-electron chi connectivity index (χ4n) is 4.48. The lowest BCUT2D eigenvalue weighted by Gasteiger charge is -2.07. The van der Waals surface area contributed by atoms with Gasteiger partial charge in [0.05, 0.1) is 11.1 Å². The van der Waals surface area contributed by atoms with E-state index in [0.717, 1.165) is 28.8 Å². The summed E-state index contributed by atoms with van der Waals surface area (Å²) in [4.78, 5) is 12.6. The SMILES string of the molecule is Cc1cc(NC(=O)CS(=O)(=O)c2cn(Cc3cccc(-c4cnn(CC(C)C)c4)c3)c3ccccc23)no1. The molecule has 3 aromatic heterocycles. The lowest BCUT2D eigenvalue weighted by molar-refractivity contribution is -0.113. The first-order valence-electron chi connectivity index (χ1n) is 12.3. The lowest BCUT2D eigenvalue weighted by atomic mass is 10.1. The van der Waals surface area contributed by atoms with Crippen molar-refractivity contribution < 1.29 is 17.7 Å². The third-order valence-corrected chi connectivity index (χ3v) is 7.74. The van der Waals surface area contributed by atoms with Gasteiger partial charge in [-0.25, -0.2) is 8.42 Å². The van der Waals surface area contributed by atoms with Crippen LogP contribution in [0.5, 0.6) is 0 Å². The van der Waals surface area contributed by atoms with Crippen molar-refractivity contribution in [2.75, 3.05) is 11.1 Å². The molecule has 3 heterocycles. The third kappa shape index (κ3) is 5.55. The molecule has 10 heteroatoms. The van der Waals surface area contributed by atoms with E-state index in [1.54, 1.807) is 25.3 Å². The van der Waals surface area contributed by atoms with Gasteiger partial charge in [-0.1, -0.05) is 55.4 Å². The van der Waals surface area contributed by atoms with E-state index in [4.69, 9.17) is 4.52 Å². The molecule has 5 aromatic rings. The molecule has 9 nitrogen and oxygen atoms in total. The molecule has 196 valence electrons. The highest BCUT2D eigenvalue weighted by Gasteiger charge is 2.25. The van der Waals surface area contributed by atoms with Gasteiger partial charge in [0.2, 0.25) is 5.91 Å². The van der Waals surface area contributed by atoms with Gasteiger partial charge in [-0.15, -0.1) is 0 Å². The number of aryl methyl sites for hydroxylation is 1. The topological polar surface area (TPSA) is 112 Å². The molecule has 0 atom stereocenters. The summed E-state index contributed by atoms with van der Waals surface area (Å²) in [6.07, 6.45) is 5.52. The van der Waals surface area contributed by atoms with Crippen molar-refractivity contribution in [1.82, 2.24) is 19.5 Å². The van der Waals surface area contributed by atoms with E-state index >= 15 is 0 Å². The molecule has 0 fully saturated rings. The maximum atomic E-state index is 13.3. The Labute approximate surface area is 221 Å². The van der Waals surface area contributed by atoms with Crippen LogP contribution in [0.1, 0.15) is 25.2 Å². The summed E-state index contributed by atoms with van der Waals surface area (Å²) >= 11 is 0. The molecule has 1 amide bonds. The van der Waals surface area contributed by atoms with Gasteiger partial charge >= 0.3 is 0 Å². The summed E-state index contributed by atoms with van der Waals surface area (Å²) in [7, 11) is -3.93. The molecule has 1 N–H and O–H groups in total. The minimum atomic E-state index is -3.93. The van der Waals surface area contributed by atoms with E-state index in [1.807, 2.05) is 52.0 Å². The number of hydrogen-bond donors (Lipinski definition) is 1. The molecule has 0 saturated carbocycles. The third-order valence-electron chi connectivity index (χ3n) is 6.10. The molecule has 0 bridgehead atoms. The van der Waals surface area contributed by atoms with Crippen LogP contribution in [0, 0.1) is 12.8 Å². The summed E-state index contributed by atoms with van der Waals surface area (Å²) in [5.41, 5.74) is 3.86. The first-order chi connectivity index (χ1) is 18.2. The summed E-state index contributed by atoms with van der Waals surface area (Å²) in [5.74, 6) is -0.192. The molecule has 0 unspecified atom stereocenters. The molecular weight excluding hydrogens is 502 g/mol. The van der Waals surface area contributed by atoms with Gasteiger partial charge in [-0.2, -0.15) is 5.10 Å². The number of carbonyl (C=O) groups is 1. The number of hydrogen-bond acceptors (Lipinski definition) is 6. The number of anilines is 1. The maximum Gasteiger partial charge on any atom is 0.241 e. The van der Waals surface area contributed by atoms with Crippen LogP contribution in [-0.4, -0.2) is 39.6 Å². The van der Waals surface area contributed by atoms with Crippen molar-refractivity contribution in [1.29, 1.82) is 0 Å². The molecule has 0 aliphatic carbocycles. The Morgan fingerprint density at radius 3 is 2.63 bits per heavy atom. The average Bonchev–Trinajstić information content (AvgIpc) is 3.58. The molecule has 0 aliphatic heterocycles. The number of nitrogens with one attached hydrogen (secondary N) is 1. The summed E-state index contributed by atoms with van der Waals surface area (Å²) in [6.45, 7) is 7.31. The van der Waals surface area contributed by atoms with Crippen molar-refractivity contribution in [3.63, 3.8) is 0 Å². The Balaban J connectivity index is 1.41. The smallest absolute Gasteiger partial charge is 0.241 e. The number of sulfone groups is 1. The van der Waals surface area contributed by atoms with E-state index < -0.39 is 21.5 Å². The first-order valence-corrected chi connectivity index (χ1v) is 14.0. The van der Waals surface area contributed by atoms with Crippen molar-refractivity contribution in [3.05, 3.63) is 84.5 Å². The van der Waals surface area contributed by atoms with Gasteiger partial charge < -0.3 is 14.4 Å². The molecule has 0 saturated heterocycles. The standard InChI is InChI=1S/C28H29N5O4S/c1-19(2)14-33-16-23(13-29-33)22-8-6-7-21(12-22)15-32-17-26(24-9-4-5-10-25(24)32)38(35,36)18-28(34)30-27-11-20(3)37-31-27/h4-13,16-17,19H,14-15,18H2,1-3H3,(H,30,31,34). The van der Waals surface area contributed by atoms with Crippen LogP contribution >= 0.6 is 0 Å². The zero-order valence-electron chi connectivity index (χ0n) is 21.5. The summed E-state index contributed by atoms with van der Waals surface area (Å²) < 4.78 is 35.4. The van der Waals surface area contributed by atoms with E-state index in [-0.39, 0.29) is 10.7 Å². The van der Waals surface area contributed by atoms with Gasteiger partial charge in [-0.3, -0.25) is 9.48 Å². The summed E-state index contributed by atoms with van der Waals surface area (Å²) in [5, 5.41) is 11.2. The number of carbonyl (C=O) groups excluding carboxylic acids is 1. The Bertz CT molecular complexity index is 1710. The Hall–Kier alpha value is -4.18. The number of aromatic nitrogens is 4. The lowest BCUT2D eigenvalue weighted by Crippen LogP contribution is -2.23. The number of para-hydroxylation sites is 1. The van der Waals surface area contributed by atoms with E-state index in [0.29, 0.717) is 23.6 Å². The molecule has 0 aliphatic rings. The monoisotopic (exact) mass is 531 g/mol. The van der Waals surface area contributed by atoms with E-state index in [9.17, 15) is 13.2 Å². The Kier molecular flexibility index (Phi) is 6.90. The van der Waals surface area contributed by atoms with Crippen molar-refractivity contribution >= 4 is 32.5 Å². The minimum absolute atomic E-state index is 0.116. The fourth-order valence-corrected chi connectivity index (χ4v) is 5.85. The predicted molar refractivity (Wildman–Crippen MR) is 145 cm³/mol. The quantitative estimate of drug-likeness (QED) is 0.289. The molecule has 2 aromatic carbocycles. The number of amides is 1. The molecule has 0 spiro atoms. The van der Waals surface area contributed by atoms with Gasteiger partial charge in [0.1, 0.15) is 11.5 Å². The number of rotatable bonds is 9. The Morgan fingerprint density at radius 2 is 1.87 bits per heavy atom. The van der Waals surface area contributed by atoms with Crippen LogP contribution in [0.4, 0.5) is 5.82 Å². The second-order valence-electron chi connectivity index (χ2n) is 9.81. The van der Waals surface area contributed by atoms with Crippen molar-refractivity contribution in [3.8, 4) is 11.1 Å². The second-order valence-corrected chi connectivity index (χ2v) is 11.8. The highest BCUT2D eigenvalue weighted by molar-refractivity contribution is 7.92. The van der Waals surface area contributed by atoms with Crippen LogP contribution in [0.2, 0.25) is 0 Å². The number of nitrogens with zero attached hydrogens (tertiary/aromatic N) is 4. The molecule has 0 radical (unpaired) electrons. The largest absolute Gasteiger partial charge is 0.360 e. The summed E-state index contributed by atoms with van der Waals surface area (Å²) in [6, 6.07) is 17.0. The van der Waals surface area contributed by atoms with Gasteiger partial charge in [0.25, 0.3) is 0 Å². The van der Waals surface area contributed by atoms with Crippen LogP contribution in [-0.2, 0) is 27.7 Å². The zero-order valence-corrected chi connectivity index (χ0v) is 22.3. The fraction of sp³-hybridized carbons (Fsp3) is 0.250. The van der Waals surface area contributed by atoms with E-state index in [1.165, 1.54) is 6.07 Å². The van der Waals surface area contributed by atoms with Crippen LogP contribution in [0.3, 0.4) is 0 Å². The van der Waals surface area contributed by atoms with Gasteiger partial charge in [-0.05, 0) is 36.1 Å². The molecular formula is C28H29N5O4S. The highest BCUT2D eigenvalue weighted by atomic mass is 32.2. The maximum absolute atomic E-state index is 13.3. The highest BCUT2D eigenvalue weighted by Crippen LogP contribution is 2.28. The van der Waals surface area contributed by atoms with Gasteiger partial charge in [0.15, 0.2) is 15.7 Å². The molecule has 5 rings (SSSR count). The number of benzene rings is 2. The van der Waals surface area contributed by atoms with Crippen molar-refractivity contribution in [2.45, 2.75) is 38.8 Å². The van der Waals surface area contributed by atoms with Crippen LogP contribution < -0.4 is 5.32 Å². The van der Waals surface area contributed by atoms with Crippen LogP contribution in [0.15, 0.2) is 82.6 Å². The molecule has 38 heavy (non-hydrogen) atoms. The first kappa shape index (κ1) is 25.5. The Morgan fingerprint density at radius 1 is 1.05 bits per heavy atom. The van der Waals surface area contributed by atoms with Gasteiger partial charge in [0, 0.05) is 48.0 Å². The number of fused-ring (bicyclic) bond motifs is 1. The minimum Gasteiger partial charge on any atom is -0.360 e. The predicted octanol–water partition coefficient (Wildman–Crippen LogP) is 4.92. The zero-order chi connectivity index (χ0) is 26.9. The average molecular weight is 532 g/mol. The van der Waals surface area contributed by atoms with Crippen LogP contribution in [0.25, 0.3) is 22.0 Å². The second kappa shape index (κ2) is 10.3.